The van der Waals surface area contributed by atoms with Crippen molar-refractivity contribution in [1.29, 1.82) is 0 Å². The van der Waals surface area contributed by atoms with Gasteiger partial charge in [0.05, 0.1) is 0 Å². The van der Waals surface area contributed by atoms with Crippen molar-refractivity contribution in [1.82, 2.24) is 9.80 Å². The van der Waals surface area contributed by atoms with Crippen molar-refractivity contribution in [2.24, 2.45) is 0 Å². The van der Waals surface area contributed by atoms with Crippen LogP contribution in [0.25, 0.3) is 0 Å². The summed E-state index contributed by atoms with van der Waals surface area (Å²) in [5.74, 6) is 0.874. The quantitative estimate of drug-likeness (QED) is 0.802. The second kappa shape index (κ2) is 7.57. The zero-order valence-corrected chi connectivity index (χ0v) is 14.3. The van der Waals surface area contributed by atoms with Crippen LogP contribution in [-0.2, 0) is 6.61 Å². The van der Waals surface area contributed by atoms with Crippen LogP contribution in [0, 0.1) is 0 Å². The first-order valence-electron chi connectivity index (χ1n) is 7.97. The molecule has 3 rings (SSSR count). The van der Waals surface area contributed by atoms with Gasteiger partial charge in [-0.1, -0.05) is 42.5 Å². The standard InChI is InChI=1S/C19H22N2OS/c1-20-11-13-21(14-12-20)19(23)17-7-9-18(10-8-17)22-15-16-5-3-2-4-6-16/h2-10H,11-15H2,1H3. The number of hydrogen-bond acceptors (Lipinski definition) is 3. The minimum absolute atomic E-state index is 0.586. The molecule has 0 spiro atoms. The van der Waals surface area contributed by atoms with Gasteiger partial charge < -0.3 is 14.5 Å². The molecular weight excluding hydrogens is 304 g/mol. The Kier molecular flexibility index (Phi) is 5.26. The van der Waals surface area contributed by atoms with Gasteiger partial charge in [-0.2, -0.15) is 0 Å². The lowest BCUT2D eigenvalue weighted by atomic mass is 10.2. The largest absolute Gasteiger partial charge is 0.489 e. The molecule has 120 valence electrons. The fraction of sp³-hybridized carbons (Fsp3) is 0.316. The zero-order chi connectivity index (χ0) is 16.1. The van der Waals surface area contributed by atoms with E-state index in [0.717, 1.165) is 42.5 Å². The third-order valence-corrected chi connectivity index (χ3v) is 4.63. The molecule has 1 aliphatic heterocycles. The summed E-state index contributed by atoms with van der Waals surface area (Å²) in [5, 5.41) is 0. The van der Waals surface area contributed by atoms with Crippen LogP contribution in [0.1, 0.15) is 11.1 Å². The van der Waals surface area contributed by atoms with Crippen molar-refractivity contribution in [3.05, 3.63) is 65.7 Å². The van der Waals surface area contributed by atoms with Crippen LogP contribution >= 0.6 is 12.2 Å². The maximum atomic E-state index is 5.82. The fourth-order valence-electron chi connectivity index (χ4n) is 2.63. The molecule has 1 fully saturated rings. The number of rotatable bonds is 4. The molecule has 0 radical (unpaired) electrons. The number of hydrogen-bond donors (Lipinski definition) is 0. The van der Waals surface area contributed by atoms with Gasteiger partial charge in [-0.3, -0.25) is 0 Å². The Morgan fingerprint density at radius 3 is 2.26 bits per heavy atom. The Morgan fingerprint density at radius 2 is 1.61 bits per heavy atom. The predicted octanol–water partition coefficient (Wildman–Crippen LogP) is 3.19. The second-order valence-electron chi connectivity index (χ2n) is 5.89. The smallest absolute Gasteiger partial charge is 0.119 e. The van der Waals surface area contributed by atoms with Gasteiger partial charge in [0.1, 0.15) is 17.3 Å². The van der Waals surface area contributed by atoms with Crippen LogP contribution in [0.4, 0.5) is 0 Å². The minimum Gasteiger partial charge on any atom is -0.489 e. The van der Waals surface area contributed by atoms with Crippen molar-refractivity contribution in [2.45, 2.75) is 6.61 Å². The summed E-state index contributed by atoms with van der Waals surface area (Å²) in [6.45, 7) is 4.73. The molecule has 0 amide bonds. The highest BCUT2D eigenvalue weighted by atomic mass is 32.1. The predicted molar refractivity (Wildman–Crippen MR) is 98.0 cm³/mol. The molecule has 0 N–H and O–H groups in total. The van der Waals surface area contributed by atoms with Crippen LogP contribution in [-0.4, -0.2) is 48.0 Å². The first kappa shape index (κ1) is 16.0. The SMILES string of the molecule is CN1CCN(C(=S)c2ccc(OCc3ccccc3)cc2)CC1. The first-order valence-corrected chi connectivity index (χ1v) is 8.38. The fourth-order valence-corrected chi connectivity index (χ4v) is 2.95. The highest BCUT2D eigenvalue weighted by Crippen LogP contribution is 2.16. The van der Waals surface area contributed by atoms with Crippen molar-refractivity contribution in [3.8, 4) is 5.75 Å². The molecule has 1 aliphatic rings. The summed E-state index contributed by atoms with van der Waals surface area (Å²) < 4.78 is 5.82. The third kappa shape index (κ3) is 4.30. The van der Waals surface area contributed by atoms with E-state index in [1.165, 1.54) is 5.56 Å². The maximum Gasteiger partial charge on any atom is 0.119 e. The lowest BCUT2D eigenvalue weighted by Crippen LogP contribution is -2.46. The van der Waals surface area contributed by atoms with Gasteiger partial charge in [0.25, 0.3) is 0 Å². The van der Waals surface area contributed by atoms with E-state index in [2.05, 4.69) is 41.1 Å². The van der Waals surface area contributed by atoms with Gasteiger partial charge in [-0.15, -0.1) is 0 Å². The molecule has 2 aromatic carbocycles. The number of nitrogens with zero attached hydrogens (tertiary/aromatic N) is 2. The van der Waals surface area contributed by atoms with Crippen molar-refractivity contribution < 1.29 is 4.74 Å². The molecule has 0 aromatic heterocycles. The summed E-state index contributed by atoms with van der Waals surface area (Å²) in [6, 6.07) is 18.3. The lowest BCUT2D eigenvalue weighted by molar-refractivity contribution is 0.218. The number of likely N-dealkylation sites (N-methyl/N-ethyl adjacent to an activating group) is 1. The lowest BCUT2D eigenvalue weighted by Gasteiger charge is -2.34. The van der Waals surface area contributed by atoms with Crippen molar-refractivity contribution in [2.75, 3.05) is 33.2 Å². The van der Waals surface area contributed by atoms with E-state index in [0.29, 0.717) is 6.61 Å². The molecule has 0 aliphatic carbocycles. The van der Waals surface area contributed by atoms with Gasteiger partial charge in [-0.25, -0.2) is 0 Å². The van der Waals surface area contributed by atoms with Gasteiger partial charge in [0.2, 0.25) is 0 Å². The Morgan fingerprint density at radius 1 is 0.957 bits per heavy atom. The summed E-state index contributed by atoms with van der Waals surface area (Å²) in [5.41, 5.74) is 2.26. The molecule has 0 unspecified atom stereocenters. The normalized spacial score (nSPS) is 15.4. The number of piperazine rings is 1. The molecule has 23 heavy (non-hydrogen) atoms. The number of thiocarbonyl (C=S) groups is 1. The Balaban J connectivity index is 1.57. The van der Waals surface area contributed by atoms with Crippen LogP contribution in [0.5, 0.6) is 5.75 Å². The van der Waals surface area contributed by atoms with Gasteiger partial charge in [0, 0.05) is 31.7 Å². The average molecular weight is 326 g/mol. The molecule has 3 nitrogen and oxygen atoms in total. The maximum absolute atomic E-state index is 5.82. The van der Waals surface area contributed by atoms with Crippen LogP contribution in [0.3, 0.4) is 0 Å². The molecule has 2 aromatic rings. The summed E-state index contributed by atoms with van der Waals surface area (Å²) in [6.07, 6.45) is 0. The molecule has 0 saturated carbocycles. The van der Waals surface area contributed by atoms with Crippen LogP contribution in [0.15, 0.2) is 54.6 Å². The molecule has 4 heteroatoms. The minimum atomic E-state index is 0.586. The first-order chi connectivity index (χ1) is 11.2. The Hall–Kier alpha value is -1.91. The summed E-state index contributed by atoms with van der Waals surface area (Å²) in [4.78, 5) is 5.56. The number of benzene rings is 2. The van der Waals surface area contributed by atoms with Crippen LogP contribution < -0.4 is 4.74 Å². The van der Waals surface area contributed by atoms with E-state index in [1.54, 1.807) is 0 Å². The third-order valence-electron chi connectivity index (χ3n) is 4.14. The monoisotopic (exact) mass is 326 g/mol. The second-order valence-corrected chi connectivity index (χ2v) is 6.28. The van der Waals surface area contributed by atoms with E-state index in [-0.39, 0.29) is 0 Å². The topological polar surface area (TPSA) is 15.7 Å². The molecule has 1 saturated heterocycles. The Labute approximate surface area is 143 Å². The van der Waals surface area contributed by atoms with E-state index < -0.39 is 0 Å². The summed E-state index contributed by atoms with van der Waals surface area (Å²) >= 11 is 5.63. The van der Waals surface area contributed by atoms with Gasteiger partial charge in [-0.05, 0) is 36.9 Å². The molecular formula is C19H22N2OS. The zero-order valence-electron chi connectivity index (χ0n) is 13.4. The van der Waals surface area contributed by atoms with Crippen molar-refractivity contribution in [3.63, 3.8) is 0 Å². The summed E-state index contributed by atoms with van der Waals surface area (Å²) in [7, 11) is 2.15. The van der Waals surface area contributed by atoms with E-state index >= 15 is 0 Å². The van der Waals surface area contributed by atoms with Crippen molar-refractivity contribution >= 4 is 17.2 Å². The number of ether oxygens (including phenoxy) is 1. The van der Waals surface area contributed by atoms with E-state index in [4.69, 9.17) is 17.0 Å². The van der Waals surface area contributed by atoms with Gasteiger partial charge in [0.15, 0.2) is 0 Å². The van der Waals surface area contributed by atoms with Crippen LogP contribution in [0.2, 0.25) is 0 Å². The highest BCUT2D eigenvalue weighted by Gasteiger charge is 2.17. The molecule has 0 atom stereocenters. The van der Waals surface area contributed by atoms with E-state index in [9.17, 15) is 0 Å². The highest BCUT2D eigenvalue weighted by molar-refractivity contribution is 7.80. The van der Waals surface area contributed by atoms with E-state index in [1.807, 2.05) is 30.3 Å². The average Bonchev–Trinajstić information content (AvgIpc) is 2.61. The molecule has 1 heterocycles. The van der Waals surface area contributed by atoms with Gasteiger partial charge >= 0.3 is 0 Å². The Bertz CT molecular complexity index is 634. The molecule has 0 bridgehead atoms.